The van der Waals surface area contributed by atoms with Crippen molar-refractivity contribution >= 4 is 16.7 Å². The number of H-pyrrole nitrogens is 1. The van der Waals surface area contributed by atoms with Gasteiger partial charge in [0.05, 0.1) is 30.3 Å². The van der Waals surface area contributed by atoms with Gasteiger partial charge in [0.1, 0.15) is 11.9 Å². The van der Waals surface area contributed by atoms with Gasteiger partial charge < -0.3 is 40.4 Å². The molecule has 2 aromatic carbocycles. The zero-order valence-electron chi connectivity index (χ0n) is 26.7. The lowest BCUT2D eigenvalue weighted by Crippen LogP contribution is -2.36. The molecule has 0 saturated carbocycles. The first-order valence-electron chi connectivity index (χ1n) is 16.5. The standard InChI is InChI=1S/C37H44N4O6/c1-2-4-24(42)17-26(44)18-25(43)9-7-22-8-12-34(46)35(15-22)47-36-6-3-5-33(45)28-10-11-29-27(13-14-39-37(29)38)30(28)16-23-19-40-32-21-41(36)20-31(23)32/h8,10-12,15,19-21,24,26,33,36-37,39-40,42,44-46H,2,4,6-7,9,13-14,16-18,38H2,1H3/t24-,26+,33-,36+,37+/m0/s1. The van der Waals surface area contributed by atoms with E-state index in [0.29, 0.717) is 19.3 Å². The summed E-state index contributed by atoms with van der Waals surface area (Å²) in [6.45, 7) is 2.73. The Bertz CT molecular complexity index is 1800. The second kappa shape index (κ2) is 14.3. The summed E-state index contributed by atoms with van der Waals surface area (Å²) in [6, 6.07) is 8.94. The number of carbonyl (C=O) groups excluding carboxylic acids is 1. The van der Waals surface area contributed by atoms with Crippen LogP contribution < -0.4 is 15.8 Å². The number of nitrogens with one attached hydrogen (secondary N) is 2. The highest BCUT2D eigenvalue weighted by Crippen LogP contribution is 2.36. The van der Waals surface area contributed by atoms with Crippen LogP contribution in [-0.2, 0) is 24.1 Å². The molecule has 2 aliphatic rings. The Hall–Kier alpha value is -4.11. The number of aromatic hydroxyl groups is 1. The number of hydrogen-bond donors (Lipinski definition) is 7. The van der Waals surface area contributed by atoms with Crippen LogP contribution in [0.5, 0.6) is 11.5 Å². The molecule has 0 fully saturated rings. The molecule has 47 heavy (non-hydrogen) atoms. The van der Waals surface area contributed by atoms with Gasteiger partial charge in [-0.25, -0.2) is 0 Å². The van der Waals surface area contributed by atoms with Gasteiger partial charge in [-0.1, -0.05) is 43.4 Å². The van der Waals surface area contributed by atoms with Gasteiger partial charge in [0.15, 0.2) is 17.7 Å². The van der Waals surface area contributed by atoms with Gasteiger partial charge in [-0.05, 0) is 71.2 Å². The quantitative estimate of drug-likeness (QED) is 0.120. The lowest BCUT2D eigenvalue weighted by molar-refractivity contribution is -0.121. The van der Waals surface area contributed by atoms with Gasteiger partial charge in [0.25, 0.3) is 0 Å². The van der Waals surface area contributed by atoms with Crippen molar-refractivity contribution in [3.63, 3.8) is 0 Å². The molecule has 10 heteroatoms. The Morgan fingerprint density at radius 1 is 1.15 bits per heavy atom. The average Bonchev–Trinajstić information content (AvgIpc) is 3.62. The van der Waals surface area contributed by atoms with E-state index in [1.807, 2.05) is 42.2 Å². The molecule has 248 valence electrons. The Balaban J connectivity index is 1.22. The molecule has 2 bridgehead atoms. The fraction of sp³-hybridized carbons (Fsp3) is 0.432. The number of aromatic amines is 1. The molecule has 10 nitrogen and oxygen atoms in total. The van der Waals surface area contributed by atoms with E-state index in [4.69, 9.17) is 10.5 Å². The predicted octanol–water partition coefficient (Wildman–Crippen LogP) is 4.19. The zero-order chi connectivity index (χ0) is 33.1. The number of Topliss-reactive ketones (excluding diaryl/α,β-unsaturated/α-hetero) is 1. The molecule has 5 atom stereocenters. The number of aryl methyl sites for hydroxylation is 1. The Kier molecular flexibility index (Phi) is 10.0. The van der Waals surface area contributed by atoms with Crippen LogP contribution in [0.25, 0.3) is 10.9 Å². The number of aromatic nitrogens is 2. The van der Waals surface area contributed by atoms with Crippen LogP contribution >= 0.6 is 0 Å². The number of hydrogen-bond acceptors (Lipinski definition) is 8. The maximum absolute atomic E-state index is 12.6. The molecule has 6 rings (SSSR count). The van der Waals surface area contributed by atoms with Crippen molar-refractivity contribution in [2.75, 3.05) is 6.54 Å². The molecule has 0 aliphatic carbocycles. The number of nitrogens with two attached hydrogens (primary N) is 1. The van der Waals surface area contributed by atoms with Gasteiger partial charge in [0.2, 0.25) is 0 Å². The second-order valence-corrected chi connectivity index (χ2v) is 12.8. The first kappa shape index (κ1) is 32.8. The largest absolute Gasteiger partial charge is 0.504 e. The van der Waals surface area contributed by atoms with E-state index in [-0.39, 0.29) is 49.1 Å². The van der Waals surface area contributed by atoms with Crippen molar-refractivity contribution in [2.24, 2.45) is 5.73 Å². The molecule has 2 aliphatic heterocycles. The molecule has 0 unspecified atom stereocenters. The average molecular weight is 641 g/mol. The summed E-state index contributed by atoms with van der Waals surface area (Å²) in [6.07, 6.45) is 6.54. The molecule has 4 aromatic rings. The molecular formula is C37H44N4O6. The number of phenolic OH excluding ortho intramolecular Hbond substituents is 1. The number of aliphatic hydroxyl groups is 3. The van der Waals surface area contributed by atoms with Crippen LogP contribution in [-0.4, -0.2) is 54.5 Å². The van der Waals surface area contributed by atoms with Gasteiger partial charge in [-0.2, -0.15) is 0 Å². The van der Waals surface area contributed by atoms with Crippen molar-refractivity contribution in [1.29, 1.82) is 0 Å². The number of carbonyl (C=O) groups is 1. The number of benzene rings is 2. The van der Waals surface area contributed by atoms with Gasteiger partial charge in [-0.15, -0.1) is 0 Å². The van der Waals surface area contributed by atoms with Crippen LogP contribution in [0.15, 0.2) is 48.9 Å². The van der Waals surface area contributed by atoms with Crippen molar-refractivity contribution in [2.45, 2.75) is 95.4 Å². The third kappa shape index (κ3) is 7.40. The summed E-state index contributed by atoms with van der Waals surface area (Å²) in [7, 11) is 0. The molecule has 0 saturated heterocycles. The lowest BCUT2D eigenvalue weighted by Gasteiger charge is -2.28. The van der Waals surface area contributed by atoms with Crippen LogP contribution in [0.1, 0.15) is 97.3 Å². The first-order chi connectivity index (χ1) is 22.7. The molecule has 2 aromatic heterocycles. The van der Waals surface area contributed by atoms with E-state index in [9.17, 15) is 25.2 Å². The second-order valence-electron chi connectivity index (χ2n) is 12.8. The van der Waals surface area contributed by atoms with E-state index in [2.05, 4.69) is 22.1 Å². The monoisotopic (exact) mass is 640 g/mol. The summed E-state index contributed by atoms with van der Waals surface area (Å²) in [5.41, 5.74) is 13.3. The number of ether oxygens (including phenoxy) is 1. The van der Waals surface area contributed by atoms with Crippen LogP contribution in [0.3, 0.4) is 0 Å². The number of fused-ring (bicyclic) bond motifs is 4. The summed E-state index contributed by atoms with van der Waals surface area (Å²) in [5.74, 6) is 6.28. The zero-order valence-corrected chi connectivity index (χ0v) is 26.7. The van der Waals surface area contributed by atoms with Crippen LogP contribution in [0, 0.1) is 11.8 Å². The van der Waals surface area contributed by atoms with E-state index in [1.54, 1.807) is 18.2 Å². The molecular weight excluding hydrogens is 596 g/mol. The molecule has 4 heterocycles. The highest BCUT2D eigenvalue weighted by molar-refractivity contribution is 5.83. The van der Waals surface area contributed by atoms with Crippen molar-refractivity contribution in [3.05, 3.63) is 82.3 Å². The third-order valence-corrected chi connectivity index (χ3v) is 9.29. The number of phenols is 1. The van der Waals surface area contributed by atoms with E-state index in [1.165, 1.54) is 5.56 Å². The van der Waals surface area contributed by atoms with Gasteiger partial charge >= 0.3 is 0 Å². The highest BCUT2D eigenvalue weighted by atomic mass is 16.5. The van der Waals surface area contributed by atoms with E-state index < -0.39 is 24.5 Å². The normalized spacial score (nSPS) is 20.3. The lowest BCUT2D eigenvalue weighted by atomic mass is 9.85. The van der Waals surface area contributed by atoms with Crippen molar-refractivity contribution in [3.8, 4) is 23.3 Å². The number of ketones is 1. The van der Waals surface area contributed by atoms with E-state index in [0.717, 1.165) is 58.1 Å². The van der Waals surface area contributed by atoms with E-state index >= 15 is 0 Å². The predicted molar refractivity (Wildman–Crippen MR) is 179 cm³/mol. The minimum Gasteiger partial charge on any atom is -0.504 e. The third-order valence-electron chi connectivity index (χ3n) is 9.29. The number of nitrogens with zero attached hydrogens (tertiary/aromatic N) is 1. The van der Waals surface area contributed by atoms with Gasteiger partial charge in [-0.3, -0.25) is 10.1 Å². The summed E-state index contributed by atoms with van der Waals surface area (Å²) >= 11 is 0. The summed E-state index contributed by atoms with van der Waals surface area (Å²) in [4.78, 5) is 15.9. The minimum absolute atomic E-state index is 0.00469. The first-order valence-corrected chi connectivity index (χ1v) is 16.5. The van der Waals surface area contributed by atoms with Crippen molar-refractivity contribution < 1.29 is 30.0 Å². The summed E-state index contributed by atoms with van der Waals surface area (Å²) in [5, 5.41) is 46.5. The maximum Gasteiger partial charge on any atom is 0.186 e. The Morgan fingerprint density at radius 3 is 2.81 bits per heavy atom. The molecule has 0 amide bonds. The van der Waals surface area contributed by atoms with Gasteiger partial charge in [0, 0.05) is 49.8 Å². The Labute approximate surface area is 274 Å². The number of aliphatic hydroxyl groups excluding tert-OH is 3. The van der Waals surface area contributed by atoms with Crippen LogP contribution in [0.4, 0.5) is 0 Å². The Morgan fingerprint density at radius 2 is 1.98 bits per heavy atom. The SMILES string of the molecule is CCC[C@H](O)C[C@@H](O)CC(=O)CCc1ccc(O)c(O[C@@H]2CC#C[C@H](O)c3ccc4c(c3Cc3c[nH]c5cn2cc35)CCN[C@H]4N)c1. The highest BCUT2D eigenvalue weighted by Gasteiger charge is 2.25. The molecule has 0 radical (unpaired) electrons. The molecule has 8 N–H and O–H groups in total. The van der Waals surface area contributed by atoms with Crippen LogP contribution in [0.2, 0.25) is 0 Å². The molecule has 0 spiro atoms. The fourth-order valence-electron chi connectivity index (χ4n) is 6.82. The smallest absolute Gasteiger partial charge is 0.186 e. The summed E-state index contributed by atoms with van der Waals surface area (Å²) < 4.78 is 8.31. The number of rotatable bonds is 11. The maximum atomic E-state index is 12.6. The fourth-order valence-corrected chi connectivity index (χ4v) is 6.82. The minimum atomic E-state index is -0.992. The van der Waals surface area contributed by atoms with Crippen molar-refractivity contribution in [1.82, 2.24) is 14.9 Å². The topological polar surface area (TPSA) is 166 Å².